The molecule has 1 N–H and O–H groups in total. The maximum absolute atomic E-state index is 13.4. The van der Waals surface area contributed by atoms with Crippen LogP contribution in [0.1, 0.15) is 34.1 Å². The lowest BCUT2D eigenvalue weighted by Gasteiger charge is -2.11. The predicted molar refractivity (Wildman–Crippen MR) is 122 cm³/mol. The molecular formula is C25H18FNO7. The summed E-state index contributed by atoms with van der Waals surface area (Å²) >= 11 is 0. The Labute approximate surface area is 192 Å². The van der Waals surface area contributed by atoms with E-state index in [4.69, 9.17) is 9.15 Å². The quantitative estimate of drug-likeness (QED) is 0.199. The van der Waals surface area contributed by atoms with Crippen LogP contribution in [0.2, 0.25) is 0 Å². The van der Waals surface area contributed by atoms with Crippen molar-refractivity contribution in [2.75, 3.05) is 7.11 Å². The van der Waals surface area contributed by atoms with Crippen molar-refractivity contribution < 1.29 is 33.2 Å². The van der Waals surface area contributed by atoms with Gasteiger partial charge in [0, 0.05) is 22.9 Å². The first-order chi connectivity index (χ1) is 16.2. The number of carboxylic acid groups (broad SMARTS) is 1. The Hall–Kier alpha value is -4.53. The van der Waals surface area contributed by atoms with Gasteiger partial charge in [0.15, 0.2) is 5.78 Å². The summed E-state index contributed by atoms with van der Waals surface area (Å²) < 4.78 is 24.6. The Morgan fingerprint density at radius 3 is 2.38 bits per heavy atom. The van der Waals surface area contributed by atoms with Crippen molar-refractivity contribution in [1.29, 1.82) is 0 Å². The number of aromatic carboxylic acids is 1. The summed E-state index contributed by atoms with van der Waals surface area (Å²) in [5.74, 6) is -1.57. The zero-order chi connectivity index (χ0) is 24.6. The molecule has 172 valence electrons. The fourth-order valence-electron chi connectivity index (χ4n) is 3.81. The molecular weight excluding hydrogens is 445 g/mol. The van der Waals surface area contributed by atoms with Gasteiger partial charge in [-0.25, -0.2) is 9.18 Å². The van der Waals surface area contributed by atoms with Crippen LogP contribution in [0, 0.1) is 15.9 Å². The van der Waals surface area contributed by atoms with Crippen molar-refractivity contribution >= 4 is 28.4 Å². The fourth-order valence-corrected chi connectivity index (χ4v) is 3.81. The lowest BCUT2D eigenvalue weighted by molar-refractivity contribution is -0.384. The van der Waals surface area contributed by atoms with E-state index in [0.717, 1.165) is 0 Å². The van der Waals surface area contributed by atoms with Gasteiger partial charge >= 0.3 is 5.97 Å². The van der Waals surface area contributed by atoms with Crippen molar-refractivity contribution in [2.24, 2.45) is 0 Å². The van der Waals surface area contributed by atoms with Gasteiger partial charge in [-0.05, 0) is 48.5 Å². The molecule has 4 rings (SSSR count). The van der Waals surface area contributed by atoms with Crippen LogP contribution in [0.4, 0.5) is 10.1 Å². The first kappa shape index (κ1) is 22.7. The van der Waals surface area contributed by atoms with E-state index in [1.165, 1.54) is 61.7 Å². The van der Waals surface area contributed by atoms with E-state index in [2.05, 4.69) is 0 Å². The summed E-state index contributed by atoms with van der Waals surface area (Å²) in [6.07, 6.45) is 0.132. The van der Waals surface area contributed by atoms with Gasteiger partial charge in [0.25, 0.3) is 5.69 Å². The Morgan fingerprint density at radius 2 is 1.79 bits per heavy atom. The van der Waals surface area contributed by atoms with E-state index < -0.39 is 16.7 Å². The lowest BCUT2D eigenvalue weighted by atomic mass is 9.95. The minimum absolute atomic E-state index is 0.0639. The van der Waals surface area contributed by atoms with Gasteiger partial charge in [0.1, 0.15) is 22.9 Å². The largest absolute Gasteiger partial charge is 0.496 e. The molecule has 0 bridgehead atoms. The van der Waals surface area contributed by atoms with Crippen LogP contribution in [0.15, 0.2) is 59.0 Å². The topological polar surface area (TPSA) is 120 Å². The first-order valence-corrected chi connectivity index (χ1v) is 10.2. The number of hydrogen-bond acceptors (Lipinski definition) is 6. The average Bonchev–Trinajstić information content (AvgIpc) is 3.21. The number of nitrogens with zero attached hydrogens (tertiary/aromatic N) is 1. The molecule has 0 amide bonds. The lowest BCUT2D eigenvalue weighted by Crippen LogP contribution is -2.00. The van der Waals surface area contributed by atoms with E-state index in [1.54, 1.807) is 6.92 Å². The van der Waals surface area contributed by atoms with Crippen LogP contribution in [0.25, 0.3) is 33.4 Å². The number of carbonyl (C=O) groups is 2. The molecule has 8 nitrogen and oxygen atoms in total. The number of methoxy groups -OCH3 is 1. The molecule has 0 aliphatic carbocycles. The van der Waals surface area contributed by atoms with E-state index in [-0.39, 0.29) is 57.2 Å². The third-order valence-electron chi connectivity index (χ3n) is 5.45. The van der Waals surface area contributed by atoms with Crippen molar-refractivity contribution in [3.8, 4) is 28.2 Å². The van der Waals surface area contributed by atoms with Gasteiger partial charge in [-0.3, -0.25) is 14.9 Å². The minimum atomic E-state index is -1.21. The van der Waals surface area contributed by atoms with Gasteiger partial charge in [-0.2, -0.15) is 0 Å². The summed E-state index contributed by atoms with van der Waals surface area (Å²) in [6.45, 7) is 1.67. The van der Waals surface area contributed by atoms with Crippen LogP contribution < -0.4 is 4.74 Å². The second-order valence-electron chi connectivity index (χ2n) is 7.43. The number of benzene rings is 3. The molecule has 0 fully saturated rings. The van der Waals surface area contributed by atoms with Crippen LogP contribution in [-0.2, 0) is 0 Å². The smallest absolute Gasteiger partial charge is 0.335 e. The zero-order valence-electron chi connectivity index (χ0n) is 18.1. The highest BCUT2D eigenvalue weighted by Gasteiger charge is 2.27. The number of ether oxygens (including phenoxy) is 1. The zero-order valence-corrected chi connectivity index (χ0v) is 18.1. The normalized spacial score (nSPS) is 10.9. The molecule has 0 atom stereocenters. The van der Waals surface area contributed by atoms with Crippen LogP contribution in [-0.4, -0.2) is 28.9 Å². The number of halogens is 1. The number of carbonyl (C=O) groups excluding carboxylic acids is 1. The van der Waals surface area contributed by atoms with E-state index in [1.807, 2.05) is 0 Å². The highest BCUT2D eigenvalue weighted by atomic mass is 19.1. The number of fused-ring (bicyclic) bond motifs is 1. The monoisotopic (exact) mass is 463 g/mol. The second-order valence-corrected chi connectivity index (χ2v) is 7.43. The van der Waals surface area contributed by atoms with Gasteiger partial charge in [-0.1, -0.05) is 6.92 Å². The summed E-state index contributed by atoms with van der Waals surface area (Å²) in [6, 6.07) is 12.0. The molecule has 0 spiro atoms. The summed E-state index contributed by atoms with van der Waals surface area (Å²) in [4.78, 5) is 35.8. The minimum Gasteiger partial charge on any atom is -0.496 e. The van der Waals surface area contributed by atoms with Crippen molar-refractivity contribution in [3.05, 3.63) is 81.7 Å². The maximum atomic E-state index is 13.4. The fraction of sp³-hybridized carbons (Fsp3) is 0.120. The van der Waals surface area contributed by atoms with Crippen molar-refractivity contribution in [2.45, 2.75) is 13.3 Å². The molecule has 9 heteroatoms. The summed E-state index contributed by atoms with van der Waals surface area (Å²) in [5.41, 5.74) is 0.527. The second kappa shape index (κ2) is 8.78. The Bertz CT molecular complexity index is 1450. The van der Waals surface area contributed by atoms with Gasteiger partial charge in [0.05, 0.1) is 34.8 Å². The molecule has 0 aliphatic rings. The SMILES string of the molecule is CCC(=O)c1c(-c2ccc(F)cc2)oc2cc([N+](=O)[O-])c(-c3cc(C(=O)O)ccc3OC)cc12. The number of nitro benzene ring substituents is 1. The number of nitro groups is 1. The third kappa shape index (κ3) is 3.88. The molecule has 3 aromatic carbocycles. The average molecular weight is 463 g/mol. The van der Waals surface area contributed by atoms with Crippen molar-refractivity contribution in [3.63, 3.8) is 0 Å². The van der Waals surface area contributed by atoms with Crippen LogP contribution >= 0.6 is 0 Å². The third-order valence-corrected chi connectivity index (χ3v) is 5.45. The number of ketones is 1. The Balaban J connectivity index is 2.08. The highest BCUT2D eigenvalue weighted by molar-refractivity contribution is 6.13. The molecule has 0 unspecified atom stereocenters. The molecule has 0 saturated carbocycles. The standard InChI is InChI=1S/C25H18FNO7/c1-3-20(28)23-18-11-16(17-10-14(25(29)30)6-9-21(17)33-2)19(27(31)32)12-22(18)34-24(23)13-4-7-15(26)8-5-13/h4-12H,3H2,1-2H3,(H,29,30). The Kier molecular flexibility index (Phi) is 5.85. The van der Waals surface area contributed by atoms with Gasteiger partial charge < -0.3 is 14.3 Å². The molecule has 34 heavy (non-hydrogen) atoms. The molecule has 0 radical (unpaired) electrons. The molecule has 1 heterocycles. The van der Waals surface area contributed by atoms with Crippen molar-refractivity contribution in [1.82, 2.24) is 0 Å². The molecule has 1 aromatic heterocycles. The Morgan fingerprint density at radius 1 is 1.09 bits per heavy atom. The number of carboxylic acids is 1. The molecule has 4 aromatic rings. The number of furan rings is 1. The summed E-state index contributed by atoms with van der Waals surface area (Å²) in [5, 5.41) is 21.7. The highest BCUT2D eigenvalue weighted by Crippen LogP contribution is 2.43. The van der Waals surface area contributed by atoms with E-state index >= 15 is 0 Å². The van der Waals surface area contributed by atoms with Gasteiger partial charge in [-0.15, -0.1) is 0 Å². The predicted octanol–water partition coefficient (Wildman–Crippen LogP) is 6.11. The van der Waals surface area contributed by atoms with Crippen LogP contribution in [0.3, 0.4) is 0 Å². The first-order valence-electron chi connectivity index (χ1n) is 10.2. The molecule has 0 aliphatic heterocycles. The van der Waals surface area contributed by atoms with E-state index in [9.17, 15) is 29.2 Å². The maximum Gasteiger partial charge on any atom is 0.335 e. The van der Waals surface area contributed by atoms with Crippen LogP contribution in [0.5, 0.6) is 5.75 Å². The molecule has 0 saturated heterocycles. The number of Topliss-reactive ketones (excluding diaryl/α,β-unsaturated/α-hetero) is 1. The number of rotatable bonds is 7. The van der Waals surface area contributed by atoms with E-state index in [0.29, 0.717) is 10.9 Å². The number of hydrogen-bond donors (Lipinski definition) is 1. The van der Waals surface area contributed by atoms with Gasteiger partial charge in [0.2, 0.25) is 0 Å². The summed E-state index contributed by atoms with van der Waals surface area (Å²) in [7, 11) is 1.36.